The highest BCUT2D eigenvalue weighted by atomic mass is 32.1. The molecule has 2 aromatic heterocycles. The molecule has 0 aliphatic carbocycles. The normalized spacial score (nSPS) is 14.9. The molecule has 2 aromatic carbocycles. The molecule has 9 heteroatoms. The van der Waals surface area contributed by atoms with E-state index in [1.54, 1.807) is 12.1 Å². The number of nitrogens with zero attached hydrogens (tertiary/aromatic N) is 3. The number of hydrogen-bond acceptors (Lipinski definition) is 8. The molecule has 1 amide bonds. The van der Waals surface area contributed by atoms with E-state index in [4.69, 9.17) is 13.9 Å². The van der Waals surface area contributed by atoms with Crippen LogP contribution in [0.4, 0.5) is 5.13 Å². The minimum atomic E-state index is -0.745. The van der Waals surface area contributed by atoms with Crippen molar-refractivity contribution in [3.8, 4) is 11.5 Å². The van der Waals surface area contributed by atoms with Crippen LogP contribution in [0.3, 0.4) is 0 Å². The quantitative estimate of drug-likeness (QED) is 0.274. The van der Waals surface area contributed by atoms with Crippen molar-refractivity contribution in [2.75, 3.05) is 18.1 Å². The van der Waals surface area contributed by atoms with E-state index in [-0.39, 0.29) is 11.2 Å². The fourth-order valence-electron chi connectivity index (χ4n) is 4.55. The number of anilines is 1. The van der Waals surface area contributed by atoms with Crippen molar-refractivity contribution in [2.45, 2.75) is 53.0 Å². The highest BCUT2D eigenvalue weighted by Crippen LogP contribution is 2.44. The number of amides is 1. The van der Waals surface area contributed by atoms with Gasteiger partial charge in [-0.3, -0.25) is 14.5 Å². The fraction of sp³-hybridized carbons (Fsp3) is 0.357. The molecule has 0 bridgehead atoms. The number of benzene rings is 2. The van der Waals surface area contributed by atoms with E-state index in [2.05, 4.69) is 17.1 Å². The van der Waals surface area contributed by atoms with Crippen LogP contribution in [-0.2, 0) is 6.42 Å². The lowest BCUT2D eigenvalue weighted by molar-refractivity contribution is 0.0970. The van der Waals surface area contributed by atoms with E-state index in [0.29, 0.717) is 51.9 Å². The molecule has 8 nitrogen and oxygen atoms in total. The average molecular weight is 520 g/mol. The minimum Gasteiger partial charge on any atom is -0.490 e. The van der Waals surface area contributed by atoms with Gasteiger partial charge in [-0.15, -0.1) is 10.2 Å². The van der Waals surface area contributed by atoms with Gasteiger partial charge >= 0.3 is 0 Å². The number of fused-ring (bicyclic) bond motifs is 2. The molecular formula is C28H29N3O5S. The summed E-state index contributed by atoms with van der Waals surface area (Å²) in [6.45, 7) is 8.91. The first kappa shape index (κ1) is 25.0. The first-order valence-electron chi connectivity index (χ1n) is 12.6. The number of hydrogen-bond donors (Lipinski definition) is 0. The third-order valence-corrected chi connectivity index (χ3v) is 7.18. The lowest BCUT2D eigenvalue weighted by atomic mass is 9.98. The molecule has 0 saturated heterocycles. The maximum atomic E-state index is 13.9. The van der Waals surface area contributed by atoms with Crippen molar-refractivity contribution in [1.29, 1.82) is 0 Å². The summed E-state index contributed by atoms with van der Waals surface area (Å²) in [6, 6.07) is 10.2. The summed E-state index contributed by atoms with van der Waals surface area (Å²) in [5, 5.41) is 10.3. The molecule has 0 radical (unpaired) electrons. The third-order valence-electron chi connectivity index (χ3n) is 6.20. The molecule has 0 fully saturated rings. The van der Waals surface area contributed by atoms with Gasteiger partial charge in [0.05, 0.1) is 30.2 Å². The maximum absolute atomic E-state index is 13.9. The second-order valence-electron chi connectivity index (χ2n) is 8.97. The molecule has 3 heterocycles. The van der Waals surface area contributed by atoms with Crippen LogP contribution >= 0.6 is 11.3 Å². The van der Waals surface area contributed by atoms with Crippen molar-refractivity contribution in [3.63, 3.8) is 0 Å². The standard InChI is InChI=1S/C28H29N3O5S/c1-5-8-22-29-30-28(37-22)31-24(17-10-12-20(35-13-6-2)21(15-17)34-7-3)23-25(32)18-14-16(4)9-11-19(18)36-26(23)27(31)33/h9-12,14-15,24H,5-8,13H2,1-4H3. The minimum absolute atomic E-state index is 0.0304. The number of carbonyl (C=O) groups excluding carboxylic acids is 1. The summed E-state index contributed by atoms with van der Waals surface area (Å²) < 4.78 is 17.8. The highest BCUT2D eigenvalue weighted by molar-refractivity contribution is 7.15. The number of aryl methyl sites for hydroxylation is 2. The zero-order valence-corrected chi connectivity index (χ0v) is 22.2. The van der Waals surface area contributed by atoms with E-state index >= 15 is 0 Å². The van der Waals surface area contributed by atoms with Crippen molar-refractivity contribution < 1.29 is 18.7 Å². The van der Waals surface area contributed by atoms with Crippen LogP contribution in [0.5, 0.6) is 11.5 Å². The average Bonchev–Trinajstić information content (AvgIpc) is 3.46. The summed E-state index contributed by atoms with van der Waals surface area (Å²) in [5.74, 6) is 0.788. The van der Waals surface area contributed by atoms with E-state index in [1.807, 2.05) is 45.0 Å². The Kier molecular flexibility index (Phi) is 6.97. The number of ether oxygens (including phenoxy) is 2. The van der Waals surface area contributed by atoms with E-state index in [9.17, 15) is 9.59 Å². The van der Waals surface area contributed by atoms with Crippen molar-refractivity contribution in [3.05, 3.63) is 74.1 Å². The van der Waals surface area contributed by atoms with Gasteiger partial charge in [0, 0.05) is 6.42 Å². The largest absolute Gasteiger partial charge is 0.490 e. The molecule has 1 unspecified atom stereocenters. The Morgan fingerprint density at radius 1 is 1.00 bits per heavy atom. The Labute approximate surface area is 218 Å². The molecule has 1 aliphatic rings. The summed E-state index contributed by atoms with van der Waals surface area (Å²) in [7, 11) is 0. The summed E-state index contributed by atoms with van der Waals surface area (Å²) in [4.78, 5) is 29.2. The molecule has 1 aliphatic heterocycles. The molecule has 1 atom stereocenters. The smallest absolute Gasteiger partial charge is 0.297 e. The molecular weight excluding hydrogens is 490 g/mol. The number of carbonyl (C=O) groups is 1. The Morgan fingerprint density at radius 2 is 1.84 bits per heavy atom. The highest BCUT2D eigenvalue weighted by Gasteiger charge is 2.45. The Balaban J connectivity index is 1.72. The molecule has 192 valence electrons. The third kappa shape index (κ3) is 4.48. The van der Waals surface area contributed by atoms with Crippen LogP contribution in [0.25, 0.3) is 11.0 Å². The molecule has 4 aromatic rings. The van der Waals surface area contributed by atoms with Crippen LogP contribution in [0, 0.1) is 6.92 Å². The number of aromatic nitrogens is 2. The maximum Gasteiger partial charge on any atom is 0.297 e. The fourth-order valence-corrected chi connectivity index (χ4v) is 5.52. The molecule has 0 saturated carbocycles. The second-order valence-corrected chi connectivity index (χ2v) is 10.0. The predicted molar refractivity (Wildman–Crippen MR) is 143 cm³/mol. The van der Waals surface area contributed by atoms with Crippen LogP contribution in [-0.4, -0.2) is 29.3 Å². The second kappa shape index (κ2) is 10.3. The van der Waals surface area contributed by atoms with Gasteiger partial charge in [-0.2, -0.15) is 0 Å². The van der Waals surface area contributed by atoms with Crippen LogP contribution < -0.4 is 19.8 Å². The molecule has 5 rings (SSSR count). The molecule has 0 N–H and O–H groups in total. The lowest BCUT2D eigenvalue weighted by Crippen LogP contribution is -2.29. The van der Waals surface area contributed by atoms with Crippen LogP contribution in [0.15, 0.2) is 45.6 Å². The van der Waals surface area contributed by atoms with Crippen LogP contribution in [0.1, 0.15) is 71.9 Å². The van der Waals surface area contributed by atoms with Crippen LogP contribution in [0.2, 0.25) is 0 Å². The first-order chi connectivity index (χ1) is 18.0. The van der Waals surface area contributed by atoms with Gasteiger partial charge in [0.1, 0.15) is 10.6 Å². The lowest BCUT2D eigenvalue weighted by Gasteiger charge is -2.23. The van der Waals surface area contributed by atoms with Crippen molar-refractivity contribution >= 4 is 33.3 Å². The van der Waals surface area contributed by atoms with Crippen molar-refractivity contribution in [2.24, 2.45) is 0 Å². The number of rotatable bonds is 9. The Bertz CT molecular complexity index is 1530. The zero-order chi connectivity index (χ0) is 26.1. The summed E-state index contributed by atoms with van der Waals surface area (Å²) in [6.07, 6.45) is 2.53. The van der Waals surface area contributed by atoms with Gasteiger partial charge in [-0.25, -0.2) is 0 Å². The summed E-state index contributed by atoms with van der Waals surface area (Å²) in [5.41, 5.74) is 2.07. The van der Waals surface area contributed by atoms with Crippen molar-refractivity contribution in [1.82, 2.24) is 10.2 Å². The molecule has 0 spiro atoms. The molecule has 37 heavy (non-hydrogen) atoms. The van der Waals surface area contributed by atoms with Gasteiger partial charge < -0.3 is 13.9 Å². The topological polar surface area (TPSA) is 94.8 Å². The van der Waals surface area contributed by atoms with Gasteiger partial charge in [0.25, 0.3) is 5.91 Å². The van der Waals surface area contributed by atoms with Gasteiger partial charge in [-0.1, -0.05) is 42.9 Å². The van der Waals surface area contributed by atoms with E-state index in [1.165, 1.54) is 16.2 Å². The predicted octanol–water partition coefficient (Wildman–Crippen LogP) is 5.84. The summed E-state index contributed by atoms with van der Waals surface area (Å²) >= 11 is 1.35. The van der Waals surface area contributed by atoms with E-state index in [0.717, 1.165) is 29.8 Å². The van der Waals surface area contributed by atoms with E-state index < -0.39 is 11.9 Å². The SMILES string of the molecule is CCCOc1ccc(C2c3c(oc4ccc(C)cc4c3=O)C(=O)N2c2nnc(CCC)s2)cc1OCC. The first-order valence-corrected chi connectivity index (χ1v) is 13.4. The monoisotopic (exact) mass is 519 g/mol. The zero-order valence-electron chi connectivity index (χ0n) is 21.4. The van der Waals surface area contributed by atoms with Gasteiger partial charge in [0.15, 0.2) is 16.9 Å². The van der Waals surface area contributed by atoms with Gasteiger partial charge in [-0.05, 0) is 56.5 Å². The Hall–Kier alpha value is -3.72. The van der Waals surface area contributed by atoms with Gasteiger partial charge in [0.2, 0.25) is 10.9 Å². The Morgan fingerprint density at radius 3 is 2.59 bits per heavy atom.